The number of hydrogen-bond acceptors (Lipinski definition) is 9. The van der Waals surface area contributed by atoms with Gasteiger partial charge in [0.05, 0.1) is 24.8 Å². The molecule has 4 amide bonds. The third-order valence-electron chi connectivity index (χ3n) is 13.5. The Hall–Kier alpha value is -6.06. The second-order valence-electron chi connectivity index (χ2n) is 19.3. The molecule has 3 aliphatic heterocycles. The monoisotopic (exact) mass is 920 g/mol. The molecule has 14 nitrogen and oxygen atoms in total. The minimum atomic E-state index is -1.40. The van der Waals surface area contributed by atoms with Crippen LogP contribution in [-0.2, 0) is 59.3 Å². The number of aryl methyl sites for hydroxylation is 1. The first-order chi connectivity index (χ1) is 32.0. The highest BCUT2D eigenvalue weighted by Crippen LogP contribution is 2.42. The lowest BCUT2D eigenvalue weighted by Crippen LogP contribution is -2.62. The number of aromatic nitrogens is 1. The van der Waals surface area contributed by atoms with Crippen LogP contribution in [0.1, 0.15) is 70.6 Å². The van der Waals surface area contributed by atoms with Crippen LogP contribution in [0.3, 0.4) is 0 Å². The van der Waals surface area contributed by atoms with Crippen LogP contribution in [0.15, 0.2) is 67.3 Å². The number of likely N-dealkylation sites (tertiary alicyclic amines) is 1. The first-order valence-corrected chi connectivity index (χ1v) is 23.4. The molecule has 358 valence electrons. The van der Waals surface area contributed by atoms with Gasteiger partial charge in [0.25, 0.3) is 5.91 Å². The number of carbonyl (C=O) groups excluding carboxylic acids is 5. The molecule has 2 fully saturated rings. The largest absolute Gasteiger partial charge is 0.505 e. The van der Waals surface area contributed by atoms with Crippen molar-refractivity contribution in [1.29, 1.82) is 0 Å². The Bertz CT molecular complexity index is 2550. The Kier molecular flexibility index (Phi) is 14.9. The summed E-state index contributed by atoms with van der Waals surface area (Å²) in [4.78, 5) is 72.2. The number of methoxy groups -OCH3 is 1. The van der Waals surface area contributed by atoms with Crippen LogP contribution in [0.5, 0.6) is 5.75 Å². The van der Waals surface area contributed by atoms with E-state index in [0.717, 1.165) is 33.3 Å². The first-order valence-electron chi connectivity index (χ1n) is 23.4. The Labute approximate surface area is 392 Å². The van der Waals surface area contributed by atoms with Crippen molar-refractivity contribution < 1.29 is 42.9 Å². The van der Waals surface area contributed by atoms with Gasteiger partial charge in [-0.1, -0.05) is 64.6 Å². The summed E-state index contributed by atoms with van der Waals surface area (Å²) in [7, 11) is 3.22. The van der Waals surface area contributed by atoms with Gasteiger partial charge in [-0.05, 0) is 103 Å². The topological polar surface area (TPSA) is 163 Å². The van der Waals surface area contributed by atoms with Gasteiger partial charge in [-0.15, -0.1) is 0 Å². The Morgan fingerprint density at radius 3 is 2.57 bits per heavy atom. The standard InChI is InChI=1S/C52H65FN6O8/c1-9-44(61)57-22-19-34(29-57)49(63)56(7)46(31(3)4)48(62)54-41-26-36-24-35(27-43(60)45(36)53)33-17-18-42-38(25-33)39(47(58(42)10-2)37-15-12-11-14-32(37)20-23-66-8)28-52(5,6)30-67-51(65)40-16-13-21-59(55-40)50(41)64/h9,11-12,14-15,17-18,24-25,27,31,34,40-41,46,55,60H,1,10,13,16,19-23,26,28-30H2,2-8H3,(H,54,62)/t34-,40-,41-,46?/m0/s1. The fourth-order valence-electron chi connectivity index (χ4n) is 10.1. The Morgan fingerprint density at radius 2 is 1.85 bits per heavy atom. The summed E-state index contributed by atoms with van der Waals surface area (Å²) in [6.07, 6.45) is 3.30. The number of hydrogen-bond donors (Lipinski definition) is 3. The van der Waals surface area contributed by atoms with Gasteiger partial charge in [0, 0.05) is 68.6 Å². The van der Waals surface area contributed by atoms with Gasteiger partial charge >= 0.3 is 5.97 Å². The van der Waals surface area contributed by atoms with E-state index in [-0.39, 0.29) is 43.5 Å². The van der Waals surface area contributed by atoms with Gasteiger partial charge in [0.2, 0.25) is 17.7 Å². The van der Waals surface area contributed by atoms with E-state index in [9.17, 15) is 29.1 Å². The molecule has 0 saturated carbocycles. The summed E-state index contributed by atoms with van der Waals surface area (Å²) < 4.78 is 30.2. The number of amides is 4. The lowest BCUT2D eigenvalue weighted by Gasteiger charge is -2.37. The third kappa shape index (κ3) is 10.3. The SMILES string of the molecule is C=CC(=O)N1CC[C@H](C(=O)N(C)C(C(=O)N[C@H]2Cc3cc(cc(O)c3F)-c3ccc4c(c3)c(c(-c3ccccc3CCOC)n4CC)CC(C)(C)COC(=O)[C@@H]3CCCN(N3)C2=O)C(C)C)C1. The average molecular weight is 921 g/mol. The van der Waals surface area contributed by atoms with E-state index in [1.165, 1.54) is 29.1 Å². The zero-order chi connectivity index (χ0) is 48.3. The number of halogens is 1. The Morgan fingerprint density at radius 1 is 1.09 bits per heavy atom. The predicted molar refractivity (Wildman–Crippen MR) is 254 cm³/mol. The highest BCUT2D eigenvalue weighted by molar-refractivity contribution is 5.96. The molecular formula is C52H65FN6O8. The number of rotatable bonds is 11. The van der Waals surface area contributed by atoms with Crippen LogP contribution in [-0.4, -0.2) is 119 Å². The van der Waals surface area contributed by atoms with Gasteiger partial charge in [0.1, 0.15) is 18.1 Å². The maximum absolute atomic E-state index is 16.3. The van der Waals surface area contributed by atoms with Gasteiger partial charge in [-0.3, -0.25) is 29.0 Å². The lowest BCUT2D eigenvalue weighted by molar-refractivity contribution is -0.155. The number of ether oxygens (including phenoxy) is 2. The van der Waals surface area contributed by atoms with E-state index in [0.29, 0.717) is 62.9 Å². The molecule has 1 aromatic heterocycles. The summed E-state index contributed by atoms with van der Waals surface area (Å²) in [6.45, 7) is 15.4. The molecule has 0 radical (unpaired) electrons. The predicted octanol–water partition coefficient (Wildman–Crippen LogP) is 6.19. The summed E-state index contributed by atoms with van der Waals surface area (Å²) in [5.74, 6) is -4.93. The number of fused-ring (bicyclic) bond motifs is 6. The molecule has 1 unspecified atom stereocenters. The maximum atomic E-state index is 16.3. The molecular weight excluding hydrogens is 856 g/mol. The quantitative estimate of drug-likeness (QED) is 0.118. The summed E-state index contributed by atoms with van der Waals surface area (Å²) in [6, 6.07) is 13.9. The van der Waals surface area contributed by atoms with E-state index >= 15 is 4.39 Å². The van der Waals surface area contributed by atoms with Crippen LogP contribution in [0.25, 0.3) is 33.3 Å². The average Bonchev–Trinajstić information content (AvgIpc) is 3.93. The number of phenols is 1. The summed E-state index contributed by atoms with van der Waals surface area (Å²) in [5, 5.41) is 16.3. The third-order valence-corrected chi connectivity index (χ3v) is 13.5. The molecule has 67 heavy (non-hydrogen) atoms. The van der Waals surface area contributed by atoms with Crippen molar-refractivity contribution in [2.75, 3.05) is 47.0 Å². The molecule has 0 spiro atoms. The molecule has 3 aromatic carbocycles. The fourth-order valence-corrected chi connectivity index (χ4v) is 10.1. The molecule has 4 heterocycles. The molecule has 4 atom stereocenters. The first kappa shape index (κ1) is 48.9. The normalized spacial score (nSPS) is 20.3. The van der Waals surface area contributed by atoms with Crippen molar-refractivity contribution in [2.45, 2.75) is 97.8 Å². The number of carbonyl (C=O) groups is 5. The smallest absolute Gasteiger partial charge is 0.324 e. The number of likely N-dealkylation sites (N-methyl/N-ethyl adjacent to an activating group) is 1. The molecule has 3 aliphatic rings. The van der Waals surface area contributed by atoms with E-state index in [4.69, 9.17) is 9.47 Å². The van der Waals surface area contributed by atoms with Crippen molar-refractivity contribution in [3.05, 3.63) is 89.8 Å². The van der Waals surface area contributed by atoms with Gasteiger partial charge in [-0.2, -0.15) is 0 Å². The van der Waals surface area contributed by atoms with Crippen molar-refractivity contribution in [3.63, 3.8) is 0 Å². The van der Waals surface area contributed by atoms with Gasteiger partial charge < -0.3 is 34.3 Å². The molecule has 0 aliphatic carbocycles. The summed E-state index contributed by atoms with van der Waals surface area (Å²) >= 11 is 0. The number of esters is 1. The van der Waals surface area contributed by atoms with Crippen molar-refractivity contribution in [1.82, 2.24) is 30.1 Å². The van der Waals surface area contributed by atoms with Crippen LogP contribution in [0.2, 0.25) is 0 Å². The number of nitrogens with one attached hydrogen (secondary N) is 2. The Balaban J connectivity index is 1.32. The number of nitrogens with zero attached hydrogens (tertiary/aromatic N) is 4. The van der Waals surface area contributed by atoms with Crippen molar-refractivity contribution in [3.8, 4) is 28.1 Å². The van der Waals surface area contributed by atoms with Crippen molar-refractivity contribution in [2.24, 2.45) is 17.3 Å². The summed E-state index contributed by atoms with van der Waals surface area (Å²) in [5.41, 5.74) is 8.91. The zero-order valence-electron chi connectivity index (χ0n) is 39.8. The maximum Gasteiger partial charge on any atom is 0.324 e. The second kappa shape index (κ2) is 20.4. The van der Waals surface area contributed by atoms with Crippen LogP contribution < -0.4 is 10.7 Å². The van der Waals surface area contributed by atoms with Gasteiger partial charge in [-0.25, -0.2) is 9.82 Å². The van der Waals surface area contributed by atoms with Crippen LogP contribution in [0.4, 0.5) is 4.39 Å². The van der Waals surface area contributed by atoms with E-state index in [1.807, 2.05) is 30.3 Å². The molecule has 7 rings (SSSR count). The minimum absolute atomic E-state index is 0.0217. The minimum Gasteiger partial charge on any atom is -0.505 e. The van der Waals surface area contributed by atoms with Crippen molar-refractivity contribution >= 4 is 40.5 Å². The lowest BCUT2D eigenvalue weighted by atomic mass is 9.83. The highest BCUT2D eigenvalue weighted by atomic mass is 19.1. The number of aromatic hydroxyl groups is 1. The van der Waals surface area contributed by atoms with E-state index in [1.54, 1.807) is 31.9 Å². The molecule has 2 saturated heterocycles. The number of cyclic esters (lactones) is 1. The molecule has 15 heteroatoms. The van der Waals surface area contributed by atoms with Gasteiger partial charge in [0.15, 0.2) is 11.6 Å². The zero-order valence-corrected chi connectivity index (χ0v) is 39.8. The fraction of sp³-hybridized carbons (Fsp3) is 0.481. The van der Waals surface area contributed by atoms with E-state index < -0.39 is 64.7 Å². The highest BCUT2D eigenvalue weighted by Gasteiger charge is 2.40. The number of benzene rings is 3. The van der Waals surface area contributed by atoms with E-state index in [2.05, 4.69) is 54.8 Å². The molecule has 4 aromatic rings. The second-order valence-corrected chi connectivity index (χ2v) is 19.3. The molecule has 3 N–H and O–H groups in total. The number of hydrazine groups is 1. The van der Waals surface area contributed by atoms with Crippen LogP contribution in [0, 0.1) is 23.1 Å². The number of phenolic OH excluding ortho intramolecular Hbond substituents is 1. The molecule has 6 bridgehead atoms. The van der Waals surface area contributed by atoms with Crippen LogP contribution >= 0.6 is 0 Å².